The van der Waals surface area contributed by atoms with E-state index in [0.717, 1.165) is 22.2 Å². The van der Waals surface area contributed by atoms with E-state index in [1.807, 2.05) is 24.3 Å². The van der Waals surface area contributed by atoms with Gasteiger partial charge in [-0.1, -0.05) is 36.9 Å². The second-order valence-corrected chi connectivity index (χ2v) is 4.91. The summed E-state index contributed by atoms with van der Waals surface area (Å²) in [7, 11) is 0. The SMILES string of the molecule is C=CC(=O)Oc1ccc2cc3ccccc3cc2c1S. The highest BCUT2D eigenvalue weighted by molar-refractivity contribution is 7.80. The summed E-state index contributed by atoms with van der Waals surface area (Å²) in [6.07, 6.45) is 1.14. The van der Waals surface area contributed by atoms with Gasteiger partial charge >= 0.3 is 5.97 Å². The van der Waals surface area contributed by atoms with Crippen molar-refractivity contribution in [3.63, 3.8) is 0 Å². The Labute approximate surface area is 122 Å². The van der Waals surface area contributed by atoms with Crippen LogP contribution in [0.1, 0.15) is 0 Å². The van der Waals surface area contributed by atoms with Crippen LogP contribution in [0.5, 0.6) is 5.75 Å². The molecule has 0 aliphatic heterocycles. The van der Waals surface area contributed by atoms with Gasteiger partial charge < -0.3 is 4.74 Å². The third-order valence-electron chi connectivity index (χ3n) is 3.20. The molecule has 98 valence electrons. The average Bonchev–Trinajstić information content (AvgIpc) is 2.48. The second-order valence-electron chi connectivity index (χ2n) is 4.46. The fourth-order valence-electron chi connectivity index (χ4n) is 2.21. The fraction of sp³-hybridized carbons (Fsp3) is 0. The number of carbonyl (C=O) groups excluding carboxylic acids is 1. The fourth-order valence-corrected chi connectivity index (χ4v) is 2.52. The van der Waals surface area contributed by atoms with Crippen molar-refractivity contribution >= 4 is 40.1 Å². The molecular formula is C17H12O2S. The molecule has 0 N–H and O–H groups in total. The van der Waals surface area contributed by atoms with Crippen molar-refractivity contribution in [2.24, 2.45) is 0 Å². The molecule has 3 rings (SSSR count). The third-order valence-corrected chi connectivity index (χ3v) is 3.66. The van der Waals surface area contributed by atoms with E-state index in [1.165, 1.54) is 5.39 Å². The molecule has 3 aromatic rings. The summed E-state index contributed by atoms with van der Waals surface area (Å²) in [6, 6.07) is 15.9. The number of carbonyl (C=O) groups is 1. The summed E-state index contributed by atoms with van der Waals surface area (Å²) in [5, 5.41) is 4.32. The van der Waals surface area contributed by atoms with E-state index >= 15 is 0 Å². The van der Waals surface area contributed by atoms with Crippen LogP contribution in [-0.2, 0) is 4.79 Å². The molecule has 0 heterocycles. The van der Waals surface area contributed by atoms with E-state index in [0.29, 0.717) is 10.6 Å². The Hall–Kier alpha value is -2.26. The molecule has 0 aromatic heterocycles. The van der Waals surface area contributed by atoms with E-state index in [9.17, 15) is 4.79 Å². The number of esters is 1. The first kappa shape index (κ1) is 12.8. The van der Waals surface area contributed by atoms with Gasteiger partial charge in [-0.15, -0.1) is 12.6 Å². The van der Waals surface area contributed by atoms with Crippen LogP contribution in [-0.4, -0.2) is 5.97 Å². The molecule has 0 fully saturated rings. The molecule has 3 heteroatoms. The third kappa shape index (κ3) is 2.17. The highest BCUT2D eigenvalue weighted by Gasteiger charge is 2.09. The summed E-state index contributed by atoms with van der Waals surface area (Å²) >= 11 is 4.49. The summed E-state index contributed by atoms with van der Waals surface area (Å²) in [6.45, 7) is 3.39. The van der Waals surface area contributed by atoms with E-state index < -0.39 is 5.97 Å². The van der Waals surface area contributed by atoms with E-state index in [-0.39, 0.29) is 0 Å². The molecule has 0 atom stereocenters. The average molecular weight is 280 g/mol. The minimum atomic E-state index is -0.486. The molecular weight excluding hydrogens is 268 g/mol. The standard InChI is InChI=1S/C17H12O2S/c1-2-16(18)19-15-8-7-13-9-11-5-3-4-6-12(11)10-14(13)17(15)20/h2-10,20H,1H2. The number of ether oxygens (including phenoxy) is 1. The molecule has 0 saturated heterocycles. The Kier molecular flexibility index (Phi) is 3.20. The van der Waals surface area contributed by atoms with Gasteiger partial charge in [-0.2, -0.15) is 0 Å². The Balaban J connectivity index is 2.23. The van der Waals surface area contributed by atoms with Gasteiger partial charge in [-0.05, 0) is 39.7 Å². The van der Waals surface area contributed by atoms with Gasteiger partial charge in [0.05, 0.1) is 4.90 Å². The largest absolute Gasteiger partial charge is 0.422 e. The zero-order chi connectivity index (χ0) is 14.1. The van der Waals surface area contributed by atoms with Gasteiger partial charge in [0.1, 0.15) is 5.75 Å². The Morgan fingerprint density at radius 2 is 1.75 bits per heavy atom. The molecule has 0 saturated carbocycles. The number of rotatable bonds is 2. The molecule has 0 spiro atoms. The maximum absolute atomic E-state index is 11.3. The van der Waals surface area contributed by atoms with Gasteiger partial charge in [0, 0.05) is 6.08 Å². The maximum atomic E-state index is 11.3. The summed E-state index contributed by atoms with van der Waals surface area (Å²) in [5.41, 5.74) is 0. The summed E-state index contributed by atoms with van der Waals surface area (Å²) in [4.78, 5) is 12.0. The molecule has 0 unspecified atom stereocenters. The highest BCUT2D eigenvalue weighted by atomic mass is 32.1. The second kappa shape index (κ2) is 5.02. The van der Waals surface area contributed by atoms with Crippen molar-refractivity contribution in [2.45, 2.75) is 4.90 Å². The lowest BCUT2D eigenvalue weighted by atomic mass is 10.0. The first-order valence-corrected chi connectivity index (χ1v) is 6.62. The number of fused-ring (bicyclic) bond motifs is 2. The van der Waals surface area contributed by atoms with Gasteiger partial charge in [0.2, 0.25) is 0 Å². The summed E-state index contributed by atoms with van der Waals surface area (Å²) < 4.78 is 5.18. The lowest BCUT2D eigenvalue weighted by Crippen LogP contribution is -2.03. The number of benzene rings is 3. The normalized spacial score (nSPS) is 10.7. The van der Waals surface area contributed by atoms with E-state index in [2.05, 4.69) is 37.4 Å². The molecule has 3 aromatic carbocycles. The Morgan fingerprint density at radius 1 is 1.05 bits per heavy atom. The Morgan fingerprint density at radius 3 is 2.45 bits per heavy atom. The van der Waals surface area contributed by atoms with Crippen LogP contribution in [0.15, 0.2) is 66.1 Å². The number of hydrogen-bond acceptors (Lipinski definition) is 3. The maximum Gasteiger partial charge on any atom is 0.335 e. The molecule has 2 nitrogen and oxygen atoms in total. The molecule has 0 bridgehead atoms. The van der Waals surface area contributed by atoms with Gasteiger partial charge in [0.25, 0.3) is 0 Å². The predicted molar refractivity (Wildman–Crippen MR) is 84.5 cm³/mol. The van der Waals surface area contributed by atoms with Crippen molar-refractivity contribution in [3.8, 4) is 5.75 Å². The first-order chi connectivity index (χ1) is 9.69. The molecule has 0 amide bonds. The van der Waals surface area contributed by atoms with Crippen molar-refractivity contribution in [2.75, 3.05) is 0 Å². The minimum Gasteiger partial charge on any atom is -0.422 e. The van der Waals surface area contributed by atoms with Crippen molar-refractivity contribution in [3.05, 3.63) is 61.2 Å². The molecule has 0 aliphatic rings. The minimum absolute atomic E-state index is 0.445. The van der Waals surface area contributed by atoms with Gasteiger partial charge in [0.15, 0.2) is 0 Å². The van der Waals surface area contributed by atoms with Gasteiger partial charge in [-0.25, -0.2) is 4.79 Å². The van der Waals surface area contributed by atoms with Crippen molar-refractivity contribution in [1.29, 1.82) is 0 Å². The topological polar surface area (TPSA) is 26.3 Å². The zero-order valence-electron chi connectivity index (χ0n) is 10.7. The van der Waals surface area contributed by atoms with Crippen LogP contribution in [0, 0.1) is 0 Å². The predicted octanol–water partition coefficient (Wildman–Crippen LogP) is 4.37. The molecule has 0 aliphatic carbocycles. The summed E-state index contributed by atoms with van der Waals surface area (Å²) in [5.74, 6) is -0.0403. The van der Waals surface area contributed by atoms with Crippen LogP contribution >= 0.6 is 12.6 Å². The number of thiol groups is 1. The van der Waals surface area contributed by atoms with Crippen LogP contribution in [0.3, 0.4) is 0 Å². The number of hydrogen-bond donors (Lipinski definition) is 1. The molecule has 0 radical (unpaired) electrons. The van der Waals surface area contributed by atoms with Crippen molar-refractivity contribution < 1.29 is 9.53 Å². The van der Waals surface area contributed by atoms with Crippen LogP contribution in [0.4, 0.5) is 0 Å². The lowest BCUT2D eigenvalue weighted by molar-refractivity contribution is -0.129. The van der Waals surface area contributed by atoms with Crippen LogP contribution in [0.25, 0.3) is 21.5 Å². The first-order valence-electron chi connectivity index (χ1n) is 6.18. The van der Waals surface area contributed by atoms with Gasteiger partial charge in [-0.3, -0.25) is 0 Å². The van der Waals surface area contributed by atoms with E-state index in [1.54, 1.807) is 6.07 Å². The smallest absolute Gasteiger partial charge is 0.335 e. The lowest BCUT2D eigenvalue weighted by Gasteiger charge is -2.09. The Bertz CT molecular complexity index is 837. The monoisotopic (exact) mass is 280 g/mol. The van der Waals surface area contributed by atoms with E-state index in [4.69, 9.17) is 4.74 Å². The molecule has 20 heavy (non-hydrogen) atoms. The highest BCUT2D eigenvalue weighted by Crippen LogP contribution is 2.33. The van der Waals surface area contributed by atoms with Crippen LogP contribution in [0.2, 0.25) is 0 Å². The zero-order valence-corrected chi connectivity index (χ0v) is 11.6. The quantitative estimate of drug-likeness (QED) is 0.248. The van der Waals surface area contributed by atoms with Crippen LogP contribution < -0.4 is 4.74 Å². The van der Waals surface area contributed by atoms with Crippen molar-refractivity contribution in [1.82, 2.24) is 0 Å².